The molecule has 4 nitrogen and oxygen atoms in total. The fraction of sp³-hybridized carbons (Fsp3) is 0.824. The van der Waals surface area contributed by atoms with Crippen LogP contribution in [0.15, 0.2) is 6.07 Å². The lowest BCUT2D eigenvalue weighted by Gasteiger charge is -2.42. The molecule has 120 valence electrons. The number of hydrogen-bond donors (Lipinski definition) is 1. The maximum atomic E-state index is 4.50. The summed E-state index contributed by atoms with van der Waals surface area (Å²) in [6.45, 7) is 12.7. The van der Waals surface area contributed by atoms with Gasteiger partial charge in [0.2, 0.25) is 0 Å². The molecule has 4 heteroatoms. The highest BCUT2D eigenvalue weighted by Crippen LogP contribution is 2.26. The van der Waals surface area contributed by atoms with E-state index in [9.17, 15) is 0 Å². The van der Waals surface area contributed by atoms with Crippen molar-refractivity contribution >= 4 is 0 Å². The highest BCUT2D eigenvalue weighted by Gasteiger charge is 2.36. The van der Waals surface area contributed by atoms with Crippen LogP contribution in [0.2, 0.25) is 0 Å². The van der Waals surface area contributed by atoms with Crippen LogP contribution in [-0.2, 0) is 13.5 Å². The van der Waals surface area contributed by atoms with Crippen LogP contribution >= 0.6 is 0 Å². The molecule has 0 bridgehead atoms. The van der Waals surface area contributed by atoms with Crippen molar-refractivity contribution in [2.24, 2.45) is 7.05 Å². The van der Waals surface area contributed by atoms with Gasteiger partial charge >= 0.3 is 0 Å². The van der Waals surface area contributed by atoms with Gasteiger partial charge in [-0.1, -0.05) is 6.92 Å². The molecule has 0 saturated carbocycles. The van der Waals surface area contributed by atoms with Crippen LogP contribution < -0.4 is 5.32 Å². The Balaban J connectivity index is 2.14. The molecule has 0 amide bonds. The quantitative estimate of drug-likeness (QED) is 0.838. The Morgan fingerprint density at radius 1 is 1.33 bits per heavy atom. The monoisotopic (exact) mass is 292 g/mol. The van der Waals surface area contributed by atoms with Gasteiger partial charge in [-0.2, -0.15) is 5.10 Å². The number of nitrogens with one attached hydrogen (secondary N) is 1. The molecule has 21 heavy (non-hydrogen) atoms. The fourth-order valence-electron chi connectivity index (χ4n) is 3.47. The van der Waals surface area contributed by atoms with E-state index in [2.05, 4.69) is 56.1 Å². The summed E-state index contributed by atoms with van der Waals surface area (Å²) in [6.07, 6.45) is 4.90. The lowest BCUT2D eigenvalue weighted by molar-refractivity contribution is 0.105. The van der Waals surface area contributed by atoms with Gasteiger partial charge in [-0.3, -0.25) is 9.58 Å². The van der Waals surface area contributed by atoms with Crippen LogP contribution in [0.25, 0.3) is 0 Å². The molecule has 0 aliphatic carbocycles. The number of rotatable bonds is 7. The predicted molar refractivity (Wildman–Crippen MR) is 88.6 cm³/mol. The number of aromatic nitrogens is 2. The van der Waals surface area contributed by atoms with Crippen LogP contribution in [0, 0.1) is 6.92 Å². The highest BCUT2D eigenvalue weighted by molar-refractivity contribution is 5.12. The van der Waals surface area contributed by atoms with Crippen LogP contribution in [0.5, 0.6) is 0 Å². The summed E-state index contributed by atoms with van der Waals surface area (Å²) in [6, 6.07) is 2.69. The largest absolute Gasteiger partial charge is 0.312 e. The van der Waals surface area contributed by atoms with Gasteiger partial charge in [0.05, 0.1) is 5.69 Å². The van der Waals surface area contributed by atoms with Gasteiger partial charge in [0.1, 0.15) is 0 Å². The molecule has 2 rings (SSSR count). The highest BCUT2D eigenvalue weighted by atomic mass is 15.3. The van der Waals surface area contributed by atoms with E-state index < -0.39 is 0 Å². The van der Waals surface area contributed by atoms with E-state index in [1.54, 1.807) is 0 Å². The first kappa shape index (κ1) is 16.5. The minimum absolute atomic E-state index is 0.184. The van der Waals surface area contributed by atoms with E-state index in [0.29, 0.717) is 6.04 Å². The molecule has 2 heterocycles. The number of likely N-dealkylation sites (tertiary alicyclic amines) is 1. The van der Waals surface area contributed by atoms with Gasteiger partial charge in [-0.15, -0.1) is 0 Å². The van der Waals surface area contributed by atoms with E-state index in [0.717, 1.165) is 18.7 Å². The molecular weight excluding hydrogens is 260 g/mol. The molecule has 1 aliphatic rings. The second-order valence-electron chi connectivity index (χ2n) is 6.96. The smallest absolute Gasteiger partial charge is 0.0596 e. The molecule has 1 fully saturated rings. The van der Waals surface area contributed by atoms with Crippen molar-refractivity contribution in [2.45, 2.75) is 65.0 Å². The van der Waals surface area contributed by atoms with Crippen molar-refractivity contribution in [2.75, 3.05) is 19.6 Å². The third-order valence-corrected chi connectivity index (χ3v) is 4.93. The summed E-state index contributed by atoms with van der Waals surface area (Å²) < 4.78 is 2.04. The molecule has 1 aliphatic heterocycles. The topological polar surface area (TPSA) is 33.1 Å². The predicted octanol–water partition coefficient (Wildman–Crippen LogP) is 2.51. The molecule has 1 saturated heterocycles. The summed E-state index contributed by atoms with van der Waals surface area (Å²) in [7, 11) is 2.06. The second kappa shape index (κ2) is 6.93. The standard InChI is InChI=1S/C17H32N4/c1-6-9-18-16(13-15-12-14(2)19-20(15)5)17(3,4)21-10-7-8-11-21/h12,16,18H,6-11,13H2,1-5H3. The fourth-order valence-corrected chi connectivity index (χ4v) is 3.47. The summed E-state index contributed by atoms with van der Waals surface area (Å²) in [5, 5.41) is 8.29. The van der Waals surface area contributed by atoms with Crippen LogP contribution in [0.1, 0.15) is 51.4 Å². The average Bonchev–Trinajstić information content (AvgIpc) is 3.05. The summed E-state index contributed by atoms with van der Waals surface area (Å²) in [5.41, 5.74) is 2.62. The first-order valence-corrected chi connectivity index (χ1v) is 8.43. The Morgan fingerprint density at radius 3 is 2.52 bits per heavy atom. The Morgan fingerprint density at radius 2 is 2.00 bits per heavy atom. The summed E-state index contributed by atoms with van der Waals surface area (Å²) in [4.78, 5) is 2.66. The molecule has 0 aromatic carbocycles. The molecule has 1 unspecified atom stereocenters. The van der Waals surface area contributed by atoms with Gasteiger partial charge in [0.25, 0.3) is 0 Å². The molecule has 0 spiro atoms. The SMILES string of the molecule is CCCNC(Cc1cc(C)nn1C)C(C)(C)N1CCCC1. The van der Waals surface area contributed by atoms with E-state index >= 15 is 0 Å². The molecular formula is C17H32N4. The van der Waals surface area contributed by atoms with Crippen molar-refractivity contribution in [1.29, 1.82) is 0 Å². The summed E-state index contributed by atoms with van der Waals surface area (Å²) >= 11 is 0. The molecule has 1 aromatic rings. The third kappa shape index (κ3) is 3.86. The lowest BCUT2D eigenvalue weighted by atomic mass is 9.88. The Bertz CT molecular complexity index is 444. The minimum atomic E-state index is 0.184. The van der Waals surface area contributed by atoms with E-state index in [1.807, 2.05) is 4.68 Å². The van der Waals surface area contributed by atoms with Crippen molar-refractivity contribution in [3.8, 4) is 0 Å². The molecule has 1 aromatic heterocycles. The van der Waals surface area contributed by atoms with Crippen LogP contribution in [0.4, 0.5) is 0 Å². The van der Waals surface area contributed by atoms with Crippen LogP contribution in [-0.4, -0.2) is 45.9 Å². The molecule has 1 N–H and O–H groups in total. The Hall–Kier alpha value is -0.870. The van der Waals surface area contributed by atoms with Gasteiger partial charge in [0.15, 0.2) is 0 Å². The first-order valence-electron chi connectivity index (χ1n) is 8.43. The van der Waals surface area contributed by atoms with Crippen molar-refractivity contribution in [1.82, 2.24) is 20.0 Å². The zero-order valence-electron chi connectivity index (χ0n) is 14.4. The lowest BCUT2D eigenvalue weighted by Crippen LogP contribution is -2.58. The van der Waals surface area contributed by atoms with Gasteiger partial charge in [-0.05, 0) is 65.7 Å². The van der Waals surface area contributed by atoms with Crippen molar-refractivity contribution in [3.05, 3.63) is 17.5 Å². The molecule has 0 radical (unpaired) electrons. The Kier molecular flexibility index (Phi) is 5.44. The zero-order valence-corrected chi connectivity index (χ0v) is 14.4. The van der Waals surface area contributed by atoms with E-state index in [-0.39, 0.29) is 5.54 Å². The molecule has 1 atom stereocenters. The van der Waals surface area contributed by atoms with Crippen molar-refractivity contribution < 1.29 is 0 Å². The van der Waals surface area contributed by atoms with E-state index in [1.165, 1.54) is 38.0 Å². The minimum Gasteiger partial charge on any atom is -0.312 e. The van der Waals surface area contributed by atoms with Gasteiger partial charge in [-0.25, -0.2) is 0 Å². The number of hydrogen-bond acceptors (Lipinski definition) is 3. The maximum Gasteiger partial charge on any atom is 0.0596 e. The first-order chi connectivity index (χ1) is 9.95. The summed E-state index contributed by atoms with van der Waals surface area (Å²) in [5.74, 6) is 0. The van der Waals surface area contributed by atoms with Gasteiger partial charge < -0.3 is 5.32 Å². The zero-order chi connectivity index (χ0) is 15.5. The number of nitrogens with zero attached hydrogens (tertiary/aromatic N) is 3. The van der Waals surface area contributed by atoms with Crippen molar-refractivity contribution in [3.63, 3.8) is 0 Å². The number of aryl methyl sites for hydroxylation is 2. The van der Waals surface area contributed by atoms with Gasteiger partial charge in [0, 0.05) is 30.7 Å². The Labute approximate surface area is 129 Å². The van der Waals surface area contributed by atoms with Crippen LogP contribution in [0.3, 0.4) is 0 Å². The third-order valence-electron chi connectivity index (χ3n) is 4.93. The maximum absolute atomic E-state index is 4.50. The average molecular weight is 292 g/mol. The second-order valence-corrected chi connectivity index (χ2v) is 6.96. The van der Waals surface area contributed by atoms with E-state index in [4.69, 9.17) is 0 Å². The normalized spacial score (nSPS) is 18.3.